The van der Waals surface area contributed by atoms with Crippen molar-refractivity contribution in [2.45, 2.75) is 39.2 Å². The quantitative estimate of drug-likeness (QED) is 0.724. The maximum Gasteiger partial charge on any atom is 0.267 e. The first-order valence-electron chi connectivity index (χ1n) is 6.43. The van der Waals surface area contributed by atoms with Gasteiger partial charge in [0.1, 0.15) is 5.69 Å². The van der Waals surface area contributed by atoms with Crippen LogP contribution in [-0.4, -0.2) is 28.7 Å². The normalized spacial score (nSPS) is 10.6. The Bertz CT molecular complexity index is 377. The topological polar surface area (TPSA) is 54.3 Å². The van der Waals surface area contributed by atoms with Crippen LogP contribution in [-0.2, 0) is 6.54 Å². The number of carbonyl (C=O) groups excluding carboxylic acids is 1. The highest BCUT2D eigenvalue weighted by atomic mass is 79.9. The van der Waals surface area contributed by atoms with Gasteiger partial charge in [-0.05, 0) is 41.8 Å². The summed E-state index contributed by atoms with van der Waals surface area (Å²) >= 11 is 3.38. The number of hydrogen-bond donors (Lipinski definition) is 2. The molecule has 0 unspecified atom stereocenters. The molecule has 18 heavy (non-hydrogen) atoms. The van der Waals surface area contributed by atoms with Crippen LogP contribution in [0.1, 0.15) is 43.1 Å². The zero-order valence-corrected chi connectivity index (χ0v) is 12.4. The third-order valence-electron chi connectivity index (χ3n) is 2.81. The first-order chi connectivity index (χ1) is 8.69. The van der Waals surface area contributed by atoms with Crippen LogP contribution in [0, 0.1) is 0 Å². The van der Waals surface area contributed by atoms with Gasteiger partial charge in [-0.1, -0.05) is 12.8 Å². The van der Waals surface area contributed by atoms with Crippen LogP contribution in [0.15, 0.2) is 16.7 Å². The van der Waals surface area contributed by atoms with Gasteiger partial charge in [0, 0.05) is 30.4 Å². The molecular weight excluding hydrogens is 296 g/mol. The lowest BCUT2D eigenvalue weighted by Gasteiger charge is -2.07. The predicted molar refractivity (Wildman–Crippen MR) is 75.7 cm³/mol. The fraction of sp³-hybridized carbons (Fsp3) is 0.615. The van der Waals surface area contributed by atoms with E-state index in [9.17, 15) is 4.79 Å². The molecular formula is C13H21BrN2O2. The van der Waals surface area contributed by atoms with Crippen molar-refractivity contribution >= 4 is 21.8 Å². The summed E-state index contributed by atoms with van der Waals surface area (Å²) in [4.78, 5) is 11.9. The van der Waals surface area contributed by atoms with Crippen molar-refractivity contribution in [3.8, 4) is 0 Å². The molecule has 1 heterocycles. The molecule has 0 aromatic carbocycles. The van der Waals surface area contributed by atoms with Gasteiger partial charge in [-0.2, -0.15) is 0 Å². The van der Waals surface area contributed by atoms with E-state index in [1.807, 2.05) is 23.8 Å². The molecule has 0 aliphatic carbocycles. The Morgan fingerprint density at radius 2 is 2.11 bits per heavy atom. The lowest BCUT2D eigenvalue weighted by Crippen LogP contribution is -2.26. The van der Waals surface area contributed by atoms with E-state index in [-0.39, 0.29) is 12.5 Å². The van der Waals surface area contributed by atoms with Crippen molar-refractivity contribution in [3.63, 3.8) is 0 Å². The highest BCUT2D eigenvalue weighted by Crippen LogP contribution is 2.14. The minimum absolute atomic E-state index is 0.0234. The number of halogens is 1. The molecule has 2 N–H and O–H groups in total. The third kappa shape index (κ3) is 4.82. The van der Waals surface area contributed by atoms with Crippen molar-refractivity contribution in [1.29, 1.82) is 0 Å². The summed E-state index contributed by atoms with van der Waals surface area (Å²) in [7, 11) is 0. The van der Waals surface area contributed by atoms with Gasteiger partial charge in [0.05, 0.1) is 0 Å². The van der Waals surface area contributed by atoms with Crippen LogP contribution >= 0.6 is 15.9 Å². The minimum atomic E-state index is -0.0234. The number of unbranched alkanes of at least 4 members (excludes halogenated alkanes) is 3. The summed E-state index contributed by atoms with van der Waals surface area (Å²) in [5, 5.41) is 11.6. The van der Waals surface area contributed by atoms with Crippen molar-refractivity contribution in [2.75, 3.05) is 13.2 Å². The Balaban J connectivity index is 2.32. The van der Waals surface area contributed by atoms with Crippen molar-refractivity contribution in [3.05, 3.63) is 22.4 Å². The van der Waals surface area contributed by atoms with Gasteiger partial charge >= 0.3 is 0 Å². The number of aliphatic hydroxyl groups excluding tert-OH is 1. The Labute approximate surface area is 117 Å². The van der Waals surface area contributed by atoms with E-state index in [0.717, 1.165) is 36.7 Å². The van der Waals surface area contributed by atoms with Gasteiger partial charge in [-0.3, -0.25) is 4.79 Å². The SMILES string of the molecule is CCn1cc(Br)cc1C(=O)NCCCCCCO. The number of nitrogens with zero attached hydrogens (tertiary/aromatic N) is 1. The molecule has 4 nitrogen and oxygen atoms in total. The number of aromatic nitrogens is 1. The summed E-state index contributed by atoms with van der Waals surface area (Å²) in [6.45, 7) is 3.74. The molecule has 0 aliphatic heterocycles. The van der Waals surface area contributed by atoms with E-state index in [1.165, 1.54) is 0 Å². The van der Waals surface area contributed by atoms with Gasteiger partial charge in [0.15, 0.2) is 0 Å². The van der Waals surface area contributed by atoms with E-state index >= 15 is 0 Å². The summed E-state index contributed by atoms with van der Waals surface area (Å²) in [5.74, 6) is -0.0234. The Morgan fingerprint density at radius 3 is 2.78 bits per heavy atom. The van der Waals surface area contributed by atoms with E-state index in [0.29, 0.717) is 12.2 Å². The van der Waals surface area contributed by atoms with Crippen LogP contribution in [0.3, 0.4) is 0 Å². The van der Waals surface area contributed by atoms with E-state index in [1.54, 1.807) is 0 Å². The number of amides is 1. The lowest BCUT2D eigenvalue weighted by molar-refractivity contribution is 0.0943. The van der Waals surface area contributed by atoms with Crippen LogP contribution in [0.25, 0.3) is 0 Å². The molecule has 1 rings (SSSR count). The summed E-state index contributed by atoms with van der Waals surface area (Å²) < 4.78 is 2.85. The van der Waals surface area contributed by atoms with Crippen LogP contribution in [0.4, 0.5) is 0 Å². The molecule has 102 valence electrons. The fourth-order valence-corrected chi connectivity index (χ4v) is 2.27. The van der Waals surface area contributed by atoms with Crippen molar-refractivity contribution < 1.29 is 9.90 Å². The van der Waals surface area contributed by atoms with Crippen molar-refractivity contribution in [2.24, 2.45) is 0 Å². The molecule has 0 aliphatic rings. The highest BCUT2D eigenvalue weighted by molar-refractivity contribution is 9.10. The summed E-state index contributed by atoms with van der Waals surface area (Å²) in [5.41, 5.74) is 0.694. The molecule has 1 aromatic rings. The maximum atomic E-state index is 11.9. The number of aliphatic hydroxyl groups is 1. The average Bonchev–Trinajstić information content (AvgIpc) is 2.74. The smallest absolute Gasteiger partial charge is 0.267 e. The maximum absolute atomic E-state index is 11.9. The minimum Gasteiger partial charge on any atom is -0.396 e. The van der Waals surface area contributed by atoms with Crippen molar-refractivity contribution in [1.82, 2.24) is 9.88 Å². The molecule has 0 spiro atoms. The number of carbonyl (C=O) groups is 1. The number of rotatable bonds is 8. The van der Waals surface area contributed by atoms with Crippen LogP contribution < -0.4 is 5.32 Å². The Morgan fingerprint density at radius 1 is 1.39 bits per heavy atom. The second kappa shape index (κ2) is 8.32. The number of hydrogen-bond acceptors (Lipinski definition) is 2. The molecule has 0 bridgehead atoms. The number of aryl methyl sites for hydroxylation is 1. The van der Waals surface area contributed by atoms with Gasteiger partial charge in [-0.15, -0.1) is 0 Å². The van der Waals surface area contributed by atoms with Gasteiger partial charge in [0.2, 0.25) is 0 Å². The third-order valence-corrected chi connectivity index (χ3v) is 3.24. The monoisotopic (exact) mass is 316 g/mol. The van der Waals surface area contributed by atoms with E-state index in [4.69, 9.17) is 5.11 Å². The standard InChI is InChI=1S/C13H21BrN2O2/c1-2-16-10-11(14)9-12(16)13(18)15-7-5-3-4-6-8-17/h9-10,17H,2-8H2,1H3,(H,15,18). The fourth-order valence-electron chi connectivity index (χ4n) is 1.81. The molecule has 5 heteroatoms. The second-order valence-electron chi connectivity index (χ2n) is 4.22. The zero-order chi connectivity index (χ0) is 13.4. The van der Waals surface area contributed by atoms with Crippen LogP contribution in [0.2, 0.25) is 0 Å². The molecule has 0 saturated heterocycles. The second-order valence-corrected chi connectivity index (χ2v) is 5.14. The first-order valence-corrected chi connectivity index (χ1v) is 7.23. The van der Waals surface area contributed by atoms with Crippen LogP contribution in [0.5, 0.6) is 0 Å². The summed E-state index contributed by atoms with van der Waals surface area (Å²) in [6, 6.07) is 1.84. The molecule has 0 fully saturated rings. The highest BCUT2D eigenvalue weighted by Gasteiger charge is 2.11. The molecule has 0 saturated carbocycles. The lowest BCUT2D eigenvalue weighted by atomic mass is 10.2. The van der Waals surface area contributed by atoms with E-state index in [2.05, 4.69) is 21.2 Å². The van der Waals surface area contributed by atoms with E-state index < -0.39 is 0 Å². The molecule has 0 atom stereocenters. The summed E-state index contributed by atoms with van der Waals surface area (Å²) in [6.07, 6.45) is 5.78. The Hall–Kier alpha value is -0.810. The molecule has 1 amide bonds. The van der Waals surface area contributed by atoms with Gasteiger partial charge < -0.3 is 15.0 Å². The Kier molecular flexibility index (Phi) is 7.05. The largest absolute Gasteiger partial charge is 0.396 e. The van der Waals surface area contributed by atoms with Gasteiger partial charge in [-0.25, -0.2) is 0 Å². The molecule has 0 radical (unpaired) electrons. The zero-order valence-electron chi connectivity index (χ0n) is 10.8. The predicted octanol–water partition coefficient (Wildman–Crippen LogP) is 2.55. The van der Waals surface area contributed by atoms with Gasteiger partial charge in [0.25, 0.3) is 5.91 Å². The number of nitrogens with one attached hydrogen (secondary N) is 1. The average molecular weight is 317 g/mol. The first kappa shape index (κ1) is 15.2. The molecule has 1 aromatic heterocycles.